The summed E-state index contributed by atoms with van der Waals surface area (Å²) in [6, 6.07) is 0.722. The lowest BCUT2D eigenvalue weighted by Crippen LogP contribution is -2.62. The molecule has 0 radical (unpaired) electrons. The minimum Gasteiger partial charge on any atom is -0.309 e. The van der Waals surface area contributed by atoms with Crippen molar-refractivity contribution in [3.8, 4) is 0 Å². The van der Waals surface area contributed by atoms with E-state index in [1.807, 2.05) is 0 Å². The lowest BCUT2D eigenvalue weighted by molar-refractivity contribution is 0.0820. The summed E-state index contributed by atoms with van der Waals surface area (Å²) in [6.45, 7) is 10.8. The SMILES string of the molecule is CCC1(C)CN(CCC2CCC2)C(C)CN1. The number of rotatable bonds is 4. The fraction of sp³-hybridized carbons (Fsp3) is 1.00. The van der Waals surface area contributed by atoms with Gasteiger partial charge in [0.05, 0.1) is 0 Å². The van der Waals surface area contributed by atoms with Crippen LogP contribution in [0.25, 0.3) is 0 Å². The minimum absolute atomic E-state index is 0.353. The van der Waals surface area contributed by atoms with Gasteiger partial charge in [0.15, 0.2) is 0 Å². The van der Waals surface area contributed by atoms with Crippen molar-refractivity contribution in [3.05, 3.63) is 0 Å². The van der Waals surface area contributed by atoms with Crippen LogP contribution in [0, 0.1) is 5.92 Å². The van der Waals surface area contributed by atoms with E-state index in [2.05, 4.69) is 31.0 Å². The van der Waals surface area contributed by atoms with Crippen LogP contribution in [0.4, 0.5) is 0 Å². The van der Waals surface area contributed by atoms with Crippen molar-refractivity contribution < 1.29 is 0 Å². The maximum Gasteiger partial charge on any atom is 0.0278 e. The first-order valence-corrected chi connectivity index (χ1v) is 7.12. The van der Waals surface area contributed by atoms with Crippen LogP contribution < -0.4 is 5.32 Å². The van der Waals surface area contributed by atoms with Gasteiger partial charge in [-0.25, -0.2) is 0 Å². The summed E-state index contributed by atoms with van der Waals surface area (Å²) in [7, 11) is 0. The Morgan fingerprint density at radius 1 is 1.38 bits per heavy atom. The molecule has 1 saturated heterocycles. The average Bonchev–Trinajstić information content (AvgIpc) is 2.21. The predicted molar refractivity (Wildman–Crippen MR) is 69.7 cm³/mol. The van der Waals surface area contributed by atoms with Crippen LogP contribution in [0.5, 0.6) is 0 Å². The Bertz CT molecular complexity index is 225. The van der Waals surface area contributed by atoms with E-state index in [-0.39, 0.29) is 0 Å². The van der Waals surface area contributed by atoms with E-state index in [1.165, 1.54) is 45.2 Å². The molecule has 2 nitrogen and oxygen atoms in total. The number of piperazine rings is 1. The second-order valence-electron chi connectivity index (χ2n) is 6.20. The Morgan fingerprint density at radius 2 is 2.12 bits per heavy atom. The molecule has 0 amide bonds. The van der Waals surface area contributed by atoms with Gasteiger partial charge in [-0.15, -0.1) is 0 Å². The Balaban J connectivity index is 1.80. The maximum atomic E-state index is 3.70. The largest absolute Gasteiger partial charge is 0.309 e. The second-order valence-corrected chi connectivity index (χ2v) is 6.20. The van der Waals surface area contributed by atoms with E-state index in [0.717, 1.165) is 18.5 Å². The molecular weight excluding hydrogens is 196 g/mol. The van der Waals surface area contributed by atoms with Crippen LogP contribution in [0.3, 0.4) is 0 Å². The Labute approximate surface area is 101 Å². The predicted octanol–water partition coefficient (Wildman–Crippen LogP) is 2.64. The summed E-state index contributed by atoms with van der Waals surface area (Å²) in [5.74, 6) is 1.05. The molecule has 2 atom stereocenters. The molecule has 2 aliphatic rings. The summed E-state index contributed by atoms with van der Waals surface area (Å²) in [5, 5.41) is 3.70. The van der Waals surface area contributed by atoms with E-state index in [4.69, 9.17) is 0 Å². The highest BCUT2D eigenvalue weighted by Crippen LogP contribution is 2.30. The summed E-state index contributed by atoms with van der Waals surface area (Å²) < 4.78 is 0. The Kier molecular flexibility index (Phi) is 3.91. The standard InChI is InChI=1S/C14H28N2/c1-4-14(3)11-16(12(2)10-15-14)9-8-13-6-5-7-13/h12-13,15H,4-11H2,1-3H3. The lowest BCUT2D eigenvalue weighted by Gasteiger charge is -2.45. The maximum absolute atomic E-state index is 3.70. The van der Waals surface area contributed by atoms with Crippen molar-refractivity contribution in [2.45, 2.75) is 64.5 Å². The highest BCUT2D eigenvalue weighted by atomic mass is 15.2. The molecule has 0 spiro atoms. The van der Waals surface area contributed by atoms with Gasteiger partial charge in [-0.1, -0.05) is 26.2 Å². The van der Waals surface area contributed by atoms with Crippen LogP contribution in [-0.2, 0) is 0 Å². The molecule has 0 aromatic heterocycles. The third-order valence-corrected chi connectivity index (χ3v) is 4.83. The molecule has 1 aliphatic carbocycles. The van der Waals surface area contributed by atoms with Gasteiger partial charge in [0, 0.05) is 24.7 Å². The molecule has 1 heterocycles. The third-order valence-electron chi connectivity index (χ3n) is 4.83. The van der Waals surface area contributed by atoms with Crippen LogP contribution in [0.2, 0.25) is 0 Å². The van der Waals surface area contributed by atoms with Crippen molar-refractivity contribution in [1.29, 1.82) is 0 Å². The van der Waals surface area contributed by atoms with Crippen molar-refractivity contribution >= 4 is 0 Å². The van der Waals surface area contributed by atoms with E-state index >= 15 is 0 Å². The Morgan fingerprint density at radius 3 is 2.69 bits per heavy atom. The second kappa shape index (κ2) is 5.05. The number of nitrogens with zero attached hydrogens (tertiary/aromatic N) is 1. The molecule has 2 rings (SSSR count). The van der Waals surface area contributed by atoms with Gasteiger partial charge >= 0.3 is 0 Å². The van der Waals surface area contributed by atoms with Crippen molar-refractivity contribution in [1.82, 2.24) is 10.2 Å². The molecule has 2 heteroatoms. The zero-order chi connectivity index (χ0) is 11.6. The van der Waals surface area contributed by atoms with Crippen LogP contribution >= 0.6 is 0 Å². The van der Waals surface area contributed by atoms with E-state index in [9.17, 15) is 0 Å². The highest BCUT2D eigenvalue weighted by molar-refractivity contribution is 4.93. The van der Waals surface area contributed by atoms with Gasteiger partial charge in [0.2, 0.25) is 0 Å². The fourth-order valence-electron chi connectivity index (χ4n) is 2.85. The Hall–Kier alpha value is -0.0800. The number of hydrogen-bond donors (Lipinski definition) is 1. The zero-order valence-corrected chi connectivity index (χ0v) is 11.3. The summed E-state index contributed by atoms with van der Waals surface area (Å²) in [4.78, 5) is 2.71. The third kappa shape index (κ3) is 2.78. The average molecular weight is 224 g/mol. The van der Waals surface area contributed by atoms with Gasteiger partial charge < -0.3 is 5.32 Å². The summed E-state index contributed by atoms with van der Waals surface area (Å²) in [6.07, 6.45) is 7.13. The van der Waals surface area contributed by atoms with Gasteiger partial charge in [-0.05, 0) is 39.2 Å². The van der Waals surface area contributed by atoms with Gasteiger partial charge in [-0.3, -0.25) is 4.90 Å². The van der Waals surface area contributed by atoms with E-state index in [1.54, 1.807) is 0 Å². The van der Waals surface area contributed by atoms with E-state index in [0.29, 0.717) is 5.54 Å². The van der Waals surface area contributed by atoms with Gasteiger partial charge in [0.1, 0.15) is 0 Å². The van der Waals surface area contributed by atoms with Crippen molar-refractivity contribution in [3.63, 3.8) is 0 Å². The summed E-state index contributed by atoms with van der Waals surface area (Å²) in [5.41, 5.74) is 0.353. The molecule has 2 fully saturated rings. The van der Waals surface area contributed by atoms with Crippen molar-refractivity contribution in [2.24, 2.45) is 5.92 Å². The van der Waals surface area contributed by atoms with Gasteiger partial charge in [-0.2, -0.15) is 0 Å². The number of nitrogens with one attached hydrogen (secondary N) is 1. The molecule has 1 saturated carbocycles. The first-order valence-electron chi connectivity index (χ1n) is 7.12. The van der Waals surface area contributed by atoms with E-state index < -0.39 is 0 Å². The summed E-state index contributed by atoms with van der Waals surface area (Å²) >= 11 is 0. The monoisotopic (exact) mass is 224 g/mol. The molecule has 0 aromatic rings. The molecule has 94 valence electrons. The quantitative estimate of drug-likeness (QED) is 0.790. The molecule has 0 aromatic carbocycles. The first-order chi connectivity index (χ1) is 7.63. The normalized spacial score (nSPS) is 37.3. The molecule has 0 bridgehead atoms. The van der Waals surface area contributed by atoms with Crippen LogP contribution in [0.1, 0.15) is 52.9 Å². The lowest BCUT2D eigenvalue weighted by atomic mass is 9.82. The minimum atomic E-state index is 0.353. The fourth-order valence-corrected chi connectivity index (χ4v) is 2.85. The molecule has 1 aliphatic heterocycles. The number of hydrogen-bond acceptors (Lipinski definition) is 2. The van der Waals surface area contributed by atoms with Crippen LogP contribution in [-0.4, -0.2) is 36.1 Å². The van der Waals surface area contributed by atoms with Crippen molar-refractivity contribution in [2.75, 3.05) is 19.6 Å². The topological polar surface area (TPSA) is 15.3 Å². The smallest absolute Gasteiger partial charge is 0.0278 e. The highest BCUT2D eigenvalue weighted by Gasteiger charge is 2.32. The molecular formula is C14H28N2. The molecule has 1 N–H and O–H groups in total. The molecule has 2 unspecified atom stereocenters. The van der Waals surface area contributed by atoms with Crippen LogP contribution in [0.15, 0.2) is 0 Å². The molecule has 16 heavy (non-hydrogen) atoms. The zero-order valence-electron chi connectivity index (χ0n) is 11.3. The first kappa shape index (κ1) is 12.4. The van der Waals surface area contributed by atoms with Gasteiger partial charge in [0.25, 0.3) is 0 Å².